The van der Waals surface area contributed by atoms with E-state index in [0.717, 1.165) is 49.9 Å². The van der Waals surface area contributed by atoms with Crippen molar-refractivity contribution in [3.63, 3.8) is 0 Å². The third-order valence-electron chi connectivity index (χ3n) is 5.66. The molecule has 1 saturated heterocycles. The lowest BCUT2D eigenvalue weighted by atomic mass is 10.00. The Balaban J connectivity index is 1.40. The van der Waals surface area contributed by atoms with Crippen LogP contribution in [0.15, 0.2) is 18.5 Å². The highest BCUT2D eigenvalue weighted by atomic mass is 32.2. The fourth-order valence-corrected chi connectivity index (χ4v) is 4.97. The highest BCUT2D eigenvalue weighted by Gasteiger charge is 2.34. The predicted octanol–water partition coefficient (Wildman–Crippen LogP) is 0.721. The Bertz CT molecular complexity index is 942. The maximum Gasteiger partial charge on any atom is 0.225 e. The molecule has 4 heterocycles. The molecule has 0 spiro atoms. The van der Waals surface area contributed by atoms with E-state index in [2.05, 4.69) is 29.7 Å². The summed E-state index contributed by atoms with van der Waals surface area (Å²) in [4.78, 5) is 15.4. The number of hydrogen-bond acceptors (Lipinski definition) is 8. The number of piperidine rings is 1. The number of rotatable bonds is 7. The Hall–Kier alpha value is -2.11. The molecule has 0 aliphatic carbocycles. The third-order valence-corrected chi connectivity index (χ3v) is 6.40. The number of anilines is 1. The van der Waals surface area contributed by atoms with Crippen molar-refractivity contribution in [2.24, 2.45) is 0 Å². The van der Waals surface area contributed by atoms with Crippen LogP contribution in [0.5, 0.6) is 0 Å². The van der Waals surface area contributed by atoms with Crippen LogP contribution >= 0.6 is 0 Å². The van der Waals surface area contributed by atoms with Gasteiger partial charge in [-0.25, -0.2) is 32.8 Å². The summed E-state index contributed by atoms with van der Waals surface area (Å²) in [5, 5.41) is 4.61. The lowest BCUT2D eigenvalue weighted by molar-refractivity contribution is 0.00580. The molecule has 4 rings (SSSR count). The van der Waals surface area contributed by atoms with E-state index in [-0.39, 0.29) is 18.2 Å². The average Bonchev–Trinajstić information content (AvgIpc) is 3.16. The lowest BCUT2D eigenvalue weighted by Gasteiger charge is -2.35. The van der Waals surface area contributed by atoms with Crippen LogP contribution in [0.25, 0.3) is 0 Å². The fourth-order valence-electron chi connectivity index (χ4n) is 4.15. The molecule has 2 aromatic rings. The molecular formula is C19H29N7O3S. The first kappa shape index (κ1) is 21.1. The van der Waals surface area contributed by atoms with Crippen LogP contribution in [-0.4, -0.2) is 71.2 Å². The molecule has 0 saturated carbocycles. The van der Waals surface area contributed by atoms with E-state index in [1.165, 1.54) is 6.26 Å². The van der Waals surface area contributed by atoms with Crippen LogP contribution < -0.4 is 9.62 Å². The van der Waals surface area contributed by atoms with Crippen molar-refractivity contribution in [3.8, 4) is 0 Å². The van der Waals surface area contributed by atoms with Gasteiger partial charge in [0.15, 0.2) is 5.82 Å². The van der Waals surface area contributed by atoms with Gasteiger partial charge in [-0.05, 0) is 25.3 Å². The maximum absolute atomic E-state index is 11.9. The first-order chi connectivity index (χ1) is 14.4. The smallest absolute Gasteiger partial charge is 0.225 e. The topological polar surface area (TPSA) is 115 Å². The van der Waals surface area contributed by atoms with E-state index in [4.69, 9.17) is 4.74 Å². The van der Waals surface area contributed by atoms with Gasteiger partial charge in [-0.1, -0.05) is 6.92 Å². The molecule has 2 aliphatic heterocycles. The van der Waals surface area contributed by atoms with Gasteiger partial charge in [0, 0.05) is 44.4 Å². The van der Waals surface area contributed by atoms with Gasteiger partial charge in [-0.3, -0.25) is 0 Å². The van der Waals surface area contributed by atoms with Crippen LogP contribution in [-0.2, 0) is 27.6 Å². The summed E-state index contributed by atoms with van der Waals surface area (Å²) < 4.78 is 34.7. The number of aromatic nitrogens is 5. The Morgan fingerprint density at radius 1 is 1.20 bits per heavy atom. The number of nitrogens with one attached hydrogen (secondary N) is 1. The van der Waals surface area contributed by atoms with Gasteiger partial charge in [-0.15, -0.1) is 0 Å². The zero-order chi connectivity index (χ0) is 21.1. The van der Waals surface area contributed by atoms with Gasteiger partial charge in [-0.2, -0.15) is 5.10 Å². The zero-order valence-electron chi connectivity index (χ0n) is 17.4. The van der Waals surface area contributed by atoms with E-state index < -0.39 is 10.0 Å². The van der Waals surface area contributed by atoms with Crippen LogP contribution in [0, 0.1) is 0 Å². The monoisotopic (exact) mass is 435 g/mol. The van der Waals surface area contributed by atoms with Crippen molar-refractivity contribution in [3.05, 3.63) is 30.1 Å². The summed E-state index contributed by atoms with van der Waals surface area (Å²) in [7, 11) is -3.33. The van der Waals surface area contributed by atoms with Gasteiger partial charge in [0.1, 0.15) is 5.82 Å². The molecule has 1 N–H and O–H groups in total. The molecule has 2 atom stereocenters. The molecule has 1 fully saturated rings. The first-order valence-corrected chi connectivity index (χ1v) is 12.4. The number of nitrogens with zero attached hydrogens (tertiary/aromatic N) is 6. The number of aryl methyl sites for hydroxylation is 2. The van der Waals surface area contributed by atoms with Gasteiger partial charge >= 0.3 is 0 Å². The van der Waals surface area contributed by atoms with Gasteiger partial charge in [0.05, 0.1) is 25.0 Å². The van der Waals surface area contributed by atoms with E-state index in [1.54, 1.807) is 12.4 Å². The average molecular weight is 436 g/mol. The third kappa shape index (κ3) is 4.96. The lowest BCUT2D eigenvalue weighted by Crippen LogP contribution is -2.47. The van der Waals surface area contributed by atoms with Crippen molar-refractivity contribution in [1.29, 1.82) is 0 Å². The highest BCUT2D eigenvalue weighted by molar-refractivity contribution is 7.88. The summed E-state index contributed by atoms with van der Waals surface area (Å²) in [5.74, 6) is 2.44. The minimum Gasteiger partial charge on any atom is -0.376 e. The largest absolute Gasteiger partial charge is 0.376 e. The van der Waals surface area contributed by atoms with E-state index >= 15 is 0 Å². The second-order valence-corrected chi connectivity index (χ2v) is 9.69. The molecule has 0 unspecified atom stereocenters. The van der Waals surface area contributed by atoms with Gasteiger partial charge < -0.3 is 9.64 Å². The molecule has 11 heteroatoms. The molecule has 164 valence electrons. The van der Waals surface area contributed by atoms with Crippen LogP contribution in [0.4, 0.5) is 5.95 Å². The van der Waals surface area contributed by atoms with E-state index in [9.17, 15) is 8.42 Å². The summed E-state index contributed by atoms with van der Waals surface area (Å²) in [6, 6.07) is 1.36. The maximum atomic E-state index is 11.9. The van der Waals surface area contributed by atoms with Gasteiger partial charge in [0.25, 0.3) is 0 Å². The Morgan fingerprint density at radius 3 is 2.60 bits per heavy atom. The highest BCUT2D eigenvalue weighted by Crippen LogP contribution is 2.27. The number of sulfonamides is 1. The second-order valence-electron chi connectivity index (χ2n) is 7.91. The summed E-state index contributed by atoms with van der Waals surface area (Å²) in [6.07, 6.45) is 8.70. The number of fused-ring (bicyclic) bond motifs is 1. The molecule has 10 nitrogen and oxygen atoms in total. The standard InChI is InChI=1S/C19H29N7O3S/c1-3-17-22-18-6-5-15(24-30(2,27)28)16(26(18)23-17)13-29-14-7-11-25(12-8-14)19-20-9-4-10-21-19/h4,9-10,14-16,24H,3,5-8,11-13H2,1-2H3/t15-,16-/m0/s1. The van der Waals surface area contributed by atoms with E-state index in [0.29, 0.717) is 19.4 Å². The SMILES string of the molecule is CCc1nc2n(n1)[C@@H](COC1CCN(c3ncccn3)CC1)[C@@H](NS(C)(=O)=O)CC2. The Labute approximate surface area is 177 Å². The Kier molecular flexibility index (Phi) is 6.30. The number of hydrogen-bond donors (Lipinski definition) is 1. The van der Waals surface area contributed by atoms with Crippen molar-refractivity contribution in [2.75, 3.05) is 30.9 Å². The van der Waals surface area contributed by atoms with Crippen molar-refractivity contribution < 1.29 is 13.2 Å². The summed E-state index contributed by atoms with van der Waals surface area (Å²) in [6.45, 7) is 4.08. The zero-order valence-corrected chi connectivity index (χ0v) is 18.3. The second kappa shape index (κ2) is 8.94. The van der Waals surface area contributed by atoms with Crippen LogP contribution in [0.2, 0.25) is 0 Å². The molecule has 2 aromatic heterocycles. The van der Waals surface area contributed by atoms with Crippen molar-refractivity contribution in [1.82, 2.24) is 29.5 Å². The molecule has 2 aliphatic rings. The quantitative estimate of drug-likeness (QED) is 0.677. The molecule has 0 aromatic carbocycles. The normalized spacial score (nSPS) is 22.8. The summed E-state index contributed by atoms with van der Waals surface area (Å²) >= 11 is 0. The van der Waals surface area contributed by atoms with Gasteiger partial charge in [0.2, 0.25) is 16.0 Å². The molecule has 0 bridgehead atoms. The number of ether oxygens (including phenoxy) is 1. The van der Waals surface area contributed by atoms with Crippen molar-refractivity contribution in [2.45, 2.75) is 57.2 Å². The molecular weight excluding hydrogens is 406 g/mol. The molecule has 0 amide bonds. The minimum absolute atomic E-state index is 0.114. The van der Waals surface area contributed by atoms with Crippen molar-refractivity contribution >= 4 is 16.0 Å². The minimum atomic E-state index is -3.33. The molecule has 30 heavy (non-hydrogen) atoms. The molecule has 0 radical (unpaired) electrons. The first-order valence-electron chi connectivity index (χ1n) is 10.5. The predicted molar refractivity (Wildman–Crippen MR) is 112 cm³/mol. The van der Waals surface area contributed by atoms with Crippen LogP contribution in [0.3, 0.4) is 0 Å². The summed E-state index contributed by atoms with van der Waals surface area (Å²) in [5.41, 5.74) is 0. The van der Waals surface area contributed by atoms with Crippen LogP contribution in [0.1, 0.15) is 43.9 Å². The Morgan fingerprint density at radius 2 is 1.93 bits per heavy atom. The van der Waals surface area contributed by atoms with E-state index in [1.807, 2.05) is 17.7 Å². The fraction of sp³-hybridized carbons (Fsp3) is 0.684.